The Morgan fingerprint density at radius 3 is 2.47 bits per heavy atom. The Hall–Kier alpha value is -0.700. The smallest absolute Gasteiger partial charge is 0.133 e. The number of rotatable bonds is 2. The van der Waals surface area contributed by atoms with E-state index in [0.29, 0.717) is 11.8 Å². The van der Waals surface area contributed by atoms with Gasteiger partial charge in [-0.3, -0.25) is 0 Å². The summed E-state index contributed by atoms with van der Waals surface area (Å²) < 4.78 is 0.795. The van der Waals surface area contributed by atoms with Crippen LogP contribution in [0.2, 0.25) is 0 Å². The molecule has 0 aromatic carbocycles. The predicted octanol–water partition coefficient (Wildman–Crippen LogP) is 3.84. The zero-order chi connectivity index (χ0) is 11.0. The van der Waals surface area contributed by atoms with Gasteiger partial charge in [0, 0.05) is 17.2 Å². The maximum absolute atomic E-state index is 5.36. The summed E-state index contributed by atoms with van der Waals surface area (Å²) >= 11 is 5.36. The second kappa shape index (κ2) is 4.05. The van der Waals surface area contributed by atoms with Crippen molar-refractivity contribution in [3.8, 4) is 0 Å². The Balaban J connectivity index is 2.42. The van der Waals surface area contributed by atoms with Crippen LogP contribution in [0.1, 0.15) is 62.0 Å². The van der Waals surface area contributed by atoms with Gasteiger partial charge in [0.25, 0.3) is 0 Å². The van der Waals surface area contributed by atoms with E-state index in [1.54, 1.807) is 0 Å². The summed E-state index contributed by atoms with van der Waals surface area (Å²) in [5.41, 5.74) is 2.40. The van der Waals surface area contributed by atoms with Crippen LogP contribution >= 0.6 is 12.2 Å². The number of nitrogens with zero attached hydrogens (tertiary/aromatic N) is 1. The van der Waals surface area contributed by atoms with Gasteiger partial charge < -0.3 is 4.98 Å². The summed E-state index contributed by atoms with van der Waals surface area (Å²) in [6.07, 6.45) is 3.86. The van der Waals surface area contributed by atoms with Crippen LogP contribution < -0.4 is 0 Å². The number of H-pyrrole nitrogens is 1. The molecular weight excluding hydrogens is 204 g/mol. The van der Waals surface area contributed by atoms with E-state index in [2.05, 4.69) is 30.7 Å². The van der Waals surface area contributed by atoms with Crippen LogP contribution in [0.3, 0.4) is 0 Å². The topological polar surface area (TPSA) is 28.7 Å². The molecule has 0 bridgehead atoms. The van der Waals surface area contributed by atoms with E-state index >= 15 is 0 Å². The lowest BCUT2D eigenvalue weighted by atomic mass is 9.84. The molecule has 0 aliphatic heterocycles. The van der Waals surface area contributed by atoms with Gasteiger partial charge in [0.15, 0.2) is 0 Å². The van der Waals surface area contributed by atoms with E-state index < -0.39 is 0 Å². The fourth-order valence-corrected chi connectivity index (χ4v) is 2.66. The first kappa shape index (κ1) is 10.8. The van der Waals surface area contributed by atoms with Gasteiger partial charge in [-0.1, -0.05) is 32.5 Å². The van der Waals surface area contributed by atoms with Crippen molar-refractivity contribution < 1.29 is 0 Å². The highest BCUT2D eigenvalue weighted by Crippen LogP contribution is 2.34. The highest BCUT2D eigenvalue weighted by molar-refractivity contribution is 7.71. The summed E-state index contributed by atoms with van der Waals surface area (Å²) in [5.74, 6) is 2.19. The fourth-order valence-electron chi connectivity index (χ4n) is 2.17. The van der Waals surface area contributed by atoms with Gasteiger partial charge in [0.2, 0.25) is 0 Å². The van der Waals surface area contributed by atoms with Gasteiger partial charge >= 0.3 is 0 Å². The van der Waals surface area contributed by atoms with Crippen molar-refractivity contribution in [2.75, 3.05) is 0 Å². The van der Waals surface area contributed by atoms with Crippen LogP contribution in [0.4, 0.5) is 0 Å². The first-order valence-electron chi connectivity index (χ1n) is 5.70. The van der Waals surface area contributed by atoms with E-state index in [9.17, 15) is 0 Å². The van der Waals surface area contributed by atoms with Crippen LogP contribution in [-0.4, -0.2) is 9.97 Å². The van der Waals surface area contributed by atoms with E-state index in [4.69, 9.17) is 12.2 Å². The van der Waals surface area contributed by atoms with Crippen LogP contribution in [0, 0.1) is 11.6 Å². The van der Waals surface area contributed by atoms with Crippen molar-refractivity contribution in [3.05, 3.63) is 21.7 Å². The molecule has 0 spiro atoms. The molecule has 1 N–H and O–H groups in total. The standard InChI is InChI=1S/C12H18N2S/c1-7(2)10-8(3)13-11(14-12(10)15)9-5-4-6-9/h7,9H,4-6H2,1-3H3,(H,13,14,15). The second-order valence-corrected chi connectivity index (χ2v) is 5.14. The Morgan fingerprint density at radius 1 is 1.40 bits per heavy atom. The van der Waals surface area contributed by atoms with Crippen molar-refractivity contribution in [2.24, 2.45) is 0 Å². The molecular formula is C12H18N2S. The highest BCUT2D eigenvalue weighted by Gasteiger charge is 2.22. The monoisotopic (exact) mass is 222 g/mol. The third-order valence-corrected chi connectivity index (χ3v) is 3.55. The van der Waals surface area contributed by atoms with Crippen LogP contribution in [-0.2, 0) is 0 Å². The molecule has 1 heterocycles. The molecule has 0 saturated heterocycles. The minimum Gasteiger partial charge on any atom is -0.347 e. The molecule has 2 nitrogen and oxygen atoms in total. The SMILES string of the molecule is Cc1[nH]c(C2CCC2)nc(=S)c1C(C)C. The molecule has 2 rings (SSSR count). The normalized spacial score (nSPS) is 16.8. The molecule has 1 aromatic heterocycles. The van der Waals surface area contributed by atoms with Gasteiger partial charge in [-0.25, -0.2) is 4.98 Å². The quantitative estimate of drug-likeness (QED) is 0.770. The lowest BCUT2D eigenvalue weighted by Crippen LogP contribution is -2.14. The Labute approximate surface area is 96.1 Å². The van der Waals surface area contributed by atoms with Gasteiger partial charge in [-0.05, 0) is 25.7 Å². The fraction of sp³-hybridized carbons (Fsp3) is 0.667. The molecule has 1 aliphatic rings. The molecule has 0 radical (unpaired) electrons. The maximum atomic E-state index is 5.36. The summed E-state index contributed by atoms with van der Waals surface area (Å²) in [6.45, 7) is 6.43. The summed E-state index contributed by atoms with van der Waals surface area (Å²) in [7, 11) is 0. The van der Waals surface area contributed by atoms with E-state index in [1.165, 1.54) is 30.5 Å². The Bertz CT molecular complexity index is 416. The number of hydrogen-bond acceptors (Lipinski definition) is 2. The number of aryl methyl sites for hydroxylation is 1. The number of hydrogen-bond donors (Lipinski definition) is 1. The van der Waals surface area contributed by atoms with Gasteiger partial charge in [-0.15, -0.1) is 0 Å². The first-order valence-corrected chi connectivity index (χ1v) is 6.11. The third kappa shape index (κ3) is 1.98. The van der Waals surface area contributed by atoms with Crippen molar-refractivity contribution >= 4 is 12.2 Å². The van der Waals surface area contributed by atoms with Crippen molar-refractivity contribution in [2.45, 2.75) is 51.9 Å². The highest BCUT2D eigenvalue weighted by atomic mass is 32.1. The molecule has 82 valence electrons. The molecule has 0 amide bonds. The van der Waals surface area contributed by atoms with Crippen molar-refractivity contribution in [1.82, 2.24) is 9.97 Å². The third-order valence-electron chi connectivity index (χ3n) is 3.24. The second-order valence-electron chi connectivity index (χ2n) is 4.75. The van der Waals surface area contributed by atoms with E-state index in [1.807, 2.05) is 0 Å². The molecule has 0 unspecified atom stereocenters. The van der Waals surface area contributed by atoms with Crippen molar-refractivity contribution in [3.63, 3.8) is 0 Å². The largest absolute Gasteiger partial charge is 0.347 e. The van der Waals surface area contributed by atoms with Crippen LogP contribution in [0.15, 0.2) is 0 Å². The summed E-state index contributed by atoms with van der Waals surface area (Å²) in [4.78, 5) is 7.96. The van der Waals surface area contributed by atoms with Gasteiger partial charge in [-0.2, -0.15) is 0 Å². The lowest BCUT2D eigenvalue weighted by Gasteiger charge is -2.25. The molecule has 1 aliphatic carbocycles. The van der Waals surface area contributed by atoms with Crippen LogP contribution in [0.25, 0.3) is 0 Å². The van der Waals surface area contributed by atoms with Gasteiger partial charge in [0.05, 0.1) is 0 Å². The summed E-state index contributed by atoms with van der Waals surface area (Å²) in [6, 6.07) is 0. The minimum absolute atomic E-state index is 0.455. The summed E-state index contributed by atoms with van der Waals surface area (Å²) in [5, 5.41) is 0. The van der Waals surface area contributed by atoms with Crippen molar-refractivity contribution in [1.29, 1.82) is 0 Å². The molecule has 1 aromatic rings. The zero-order valence-electron chi connectivity index (χ0n) is 9.63. The zero-order valence-corrected chi connectivity index (χ0v) is 10.4. The average molecular weight is 222 g/mol. The molecule has 1 fully saturated rings. The van der Waals surface area contributed by atoms with Gasteiger partial charge in [0.1, 0.15) is 10.5 Å². The average Bonchev–Trinajstić information content (AvgIpc) is 1.97. The first-order chi connectivity index (χ1) is 7.09. The minimum atomic E-state index is 0.455. The number of nitrogens with one attached hydrogen (secondary N) is 1. The number of aromatic amines is 1. The number of aromatic nitrogens is 2. The predicted molar refractivity (Wildman–Crippen MR) is 64.8 cm³/mol. The Morgan fingerprint density at radius 2 is 2.07 bits per heavy atom. The lowest BCUT2D eigenvalue weighted by molar-refractivity contribution is 0.399. The Kier molecular flexibility index (Phi) is 2.91. The molecule has 0 atom stereocenters. The molecule has 3 heteroatoms. The van der Waals surface area contributed by atoms with E-state index in [0.717, 1.165) is 10.5 Å². The molecule has 15 heavy (non-hydrogen) atoms. The maximum Gasteiger partial charge on any atom is 0.133 e. The molecule has 1 saturated carbocycles. The van der Waals surface area contributed by atoms with E-state index in [-0.39, 0.29) is 0 Å². The van der Waals surface area contributed by atoms with Crippen LogP contribution in [0.5, 0.6) is 0 Å².